The van der Waals surface area contributed by atoms with Gasteiger partial charge in [0.25, 0.3) is 0 Å². The Balaban J connectivity index is 1.92. The second-order valence-electron chi connectivity index (χ2n) is 7.05. The van der Waals surface area contributed by atoms with E-state index in [1.807, 2.05) is 24.3 Å². The Bertz CT molecular complexity index is 656. The van der Waals surface area contributed by atoms with Crippen LogP contribution in [-0.4, -0.2) is 48.2 Å². The Morgan fingerprint density at radius 1 is 1.25 bits per heavy atom. The summed E-state index contributed by atoms with van der Waals surface area (Å²) in [6.45, 7) is 3.58. The van der Waals surface area contributed by atoms with Crippen LogP contribution in [0.3, 0.4) is 0 Å². The van der Waals surface area contributed by atoms with Crippen molar-refractivity contribution in [1.29, 1.82) is 0 Å². The summed E-state index contributed by atoms with van der Waals surface area (Å²) in [6.07, 6.45) is 1.75. The van der Waals surface area contributed by atoms with Crippen molar-refractivity contribution in [1.82, 2.24) is 4.90 Å². The molecule has 5 nitrogen and oxygen atoms in total. The lowest BCUT2D eigenvalue weighted by Crippen LogP contribution is -2.50. The molecule has 0 spiro atoms. The number of rotatable bonds is 3. The molecule has 130 valence electrons. The average Bonchev–Trinajstić information content (AvgIpc) is 2.98. The summed E-state index contributed by atoms with van der Waals surface area (Å²) in [5.74, 6) is -0.796. The lowest BCUT2D eigenvalue weighted by atomic mass is 9.73. The van der Waals surface area contributed by atoms with Crippen molar-refractivity contribution < 1.29 is 19.4 Å². The van der Waals surface area contributed by atoms with E-state index in [0.29, 0.717) is 39.0 Å². The molecule has 6 heteroatoms. The molecular formula is C18H22BrNO4. The minimum absolute atomic E-state index is 0.0360. The molecule has 0 saturated carbocycles. The van der Waals surface area contributed by atoms with Gasteiger partial charge in [-0.05, 0) is 43.9 Å². The molecule has 0 bridgehead atoms. The van der Waals surface area contributed by atoms with Crippen molar-refractivity contribution in [3.63, 3.8) is 0 Å². The highest BCUT2D eigenvalue weighted by Gasteiger charge is 2.49. The van der Waals surface area contributed by atoms with Gasteiger partial charge in [0, 0.05) is 30.8 Å². The molecular weight excluding hydrogens is 374 g/mol. The van der Waals surface area contributed by atoms with E-state index in [0.717, 1.165) is 10.0 Å². The first-order valence-corrected chi connectivity index (χ1v) is 9.03. The fraction of sp³-hybridized carbons (Fsp3) is 0.556. The van der Waals surface area contributed by atoms with Crippen LogP contribution in [0.4, 0.5) is 0 Å². The van der Waals surface area contributed by atoms with E-state index < -0.39 is 16.8 Å². The summed E-state index contributed by atoms with van der Waals surface area (Å²) >= 11 is 3.49. The molecule has 2 heterocycles. The Morgan fingerprint density at radius 3 is 2.54 bits per heavy atom. The number of ether oxygens (including phenoxy) is 1. The lowest BCUT2D eigenvalue weighted by molar-refractivity contribution is -0.148. The van der Waals surface area contributed by atoms with Gasteiger partial charge in [-0.2, -0.15) is 0 Å². The number of hydrogen-bond acceptors (Lipinski definition) is 3. The van der Waals surface area contributed by atoms with E-state index >= 15 is 0 Å². The maximum Gasteiger partial charge on any atom is 0.311 e. The van der Waals surface area contributed by atoms with Crippen LogP contribution in [0, 0.1) is 5.41 Å². The molecule has 2 fully saturated rings. The van der Waals surface area contributed by atoms with Gasteiger partial charge < -0.3 is 14.7 Å². The summed E-state index contributed by atoms with van der Waals surface area (Å²) in [7, 11) is 0. The average molecular weight is 396 g/mol. The third-order valence-corrected chi connectivity index (χ3v) is 5.90. The zero-order valence-corrected chi connectivity index (χ0v) is 15.3. The number of likely N-dealkylation sites (tertiary alicyclic amines) is 1. The number of hydrogen-bond donors (Lipinski definition) is 1. The van der Waals surface area contributed by atoms with E-state index in [4.69, 9.17) is 4.74 Å². The first kappa shape index (κ1) is 17.4. The quantitative estimate of drug-likeness (QED) is 0.854. The molecule has 0 radical (unpaired) electrons. The van der Waals surface area contributed by atoms with Crippen molar-refractivity contribution >= 4 is 27.8 Å². The number of aliphatic carboxylic acids is 1. The molecule has 2 aliphatic heterocycles. The molecule has 1 aromatic rings. The van der Waals surface area contributed by atoms with Crippen molar-refractivity contribution in [3.8, 4) is 0 Å². The summed E-state index contributed by atoms with van der Waals surface area (Å²) in [5, 5.41) is 9.44. The van der Waals surface area contributed by atoms with Crippen LogP contribution < -0.4 is 0 Å². The van der Waals surface area contributed by atoms with Crippen LogP contribution in [-0.2, 0) is 19.7 Å². The van der Waals surface area contributed by atoms with Crippen LogP contribution in [0.15, 0.2) is 28.7 Å². The number of carbonyl (C=O) groups excluding carboxylic acids is 1. The van der Waals surface area contributed by atoms with Crippen LogP contribution in [0.2, 0.25) is 0 Å². The van der Waals surface area contributed by atoms with Crippen LogP contribution in [0.5, 0.6) is 0 Å². The van der Waals surface area contributed by atoms with Crippen LogP contribution >= 0.6 is 15.9 Å². The van der Waals surface area contributed by atoms with Crippen molar-refractivity contribution in [2.45, 2.75) is 31.6 Å². The Hall–Kier alpha value is -1.40. The SMILES string of the molecule is C[C@]1(C(=O)O)CCN(C(=O)C2(c3cccc(Br)c3)CCOCC2)C1. The van der Waals surface area contributed by atoms with Gasteiger partial charge in [-0.3, -0.25) is 9.59 Å². The second kappa shape index (κ2) is 6.48. The molecule has 0 aromatic heterocycles. The number of carboxylic acid groups (broad SMARTS) is 1. The largest absolute Gasteiger partial charge is 0.481 e. The fourth-order valence-electron chi connectivity index (χ4n) is 3.74. The first-order chi connectivity index (χ1) is 11.4. The lowest BCUT2D eigenvalue weighted by Gasteiger charge is -2.39. The van der Waals surface area contributed by atoms with Gasteiger partial charge in [-0.15, -0.1) is 0 Å². The van der Waals surface area contributed by atoms with Crippen molar-refractivity contribution in [2.24, 2.45) is 5.41 Å². The minimum atomic E-state index is -0.848. The molecule has 1 atom stereocenters. The molecule has 24 heavy (non-hydrogen) atoms. The van der Waals surface area contributed by atoms with Crippen LogP contribution in [0.1, 0.15) is 31.7 Å². The zero-order valence-electron chi connectivity index (χ0n) is 13.8. The second-order valence-corrected chi connectivity index (χ2v) is 7.96. The summed E-state index contributed by atoms with van der Waals surface area (Å²) < 4.78 is 6.43. The van der Waals surface area contributed by atoms with Crippen LogP contribution in [0.25, 0.3) is 0 Å². The number of nitrogens with zero attached hydrogens (tertiary/aromatic N) is 1. The van der Waals surface area contributed by atoms with E-state index in [2.05, 4.69) is 15.9 Å². The molecule has 1 amide bonds. The van der Waals surface area contributed by atoms with Gasteiger partial charge in [0.1, 0.15) is 0 Å². The summed E-state index contributed by atoms with van der Waals surface area (Å²) in [4.78, 5) is 26.6. The zero-order chi connectivity index (χ0) is 17.4. The van der Waals surface area contributed by atoms with Gasteiger partial charge in [0.15, 0.2) is 0 Å². The standard InChI is InChI=1S/C18H22BrNO4/c1-17(16(22)23)5-8-20(12-17)15(21)18(6-9-24-10-7-18)13-3-2-4-14(19)11-13/h2-4,11H,5-10,12H2,1H3,(H,22,23)/t17-/m0/s1. The third kappa shape index (κ3) is 2.97. The fourth-order valence-corrected chi connectivity index (χ4v) is 4.14. The molecule has 2 aliphatic rings. The first-order valence-electron chi connectivity index (χ1n) is 8.24. The Labute approximate surface area is 150 Å². The third-order valence-electron chi connectivity index (χ3n) is 5.41. The van der Waals surface area contributed by atoms with Gasteiger partial charge in [-0.1, -0.05) is 28.1 Å². The highest BCUT2D eigenvalue weighted by Crippen LogP contribution is 2.40. The van der Waals surface area contributed by atoms with E-state index in [1.54, 1.807) is 11.8 Å². The predicted octanol–water partition coefficient (Wildman–Crippen LogP) is 2.82. The van der Waals surface area contributed by atoms with E-state index in [9.17, 15) is 14.7 Å². The number of benzene rings is 1. The normalized spacial score (nSPS) is 26.3. The van der Waals surface area contributed by atoms with E-state index in [1.165, 1.54) is 0 Å². The number of amides is 1. The van der Waals surface area contributed by atoms with E-state index in [-0.39, 0.29) is 12.5 Å². The predicted molar refractivity (Wildman–Crippen MR) is 92.8 cm³/mol. The summed E-state index contributed by atoms with van der Waals surface area (Å²) in [5.41, 5.74) is -0.487. The maximum atomic E-state index is 13.4. The number of halogens is 1. The Kier molecular flexibility index (Phi) is 4.71. The molecule has 0 unspecified atom stereocenters. The van der Waals surface area contributed by atoms with Gasteiger partial charge in [0.05, 0.1) is 10.8 Å². The monoisotopic (exact) mass is 395 g/mol. The van der Waals surface area contributed by atoms with Gasteiger partial charge in [0.2, 0.25) is 5.91 Å². The number of carbonyl (C=O) groups is 2. The minimum Gasteiger partial charge on any atom is -0.481 e. The number of carboxylic acids is 1. The summed E-state index contributed by atoms with van der Waals surface area (Å²) in [6, 6.07) is 7.86. The van der Waals surface area contributed by atoms with Gasteiger partial charge >= 0.3 is 5.97 Å². The molecule has 1 aromatic carbocycles. The molecule has 0 aliphatic carbocycles. The Morgan fingerprint density at radius 2 is 1.96 bits per heavy atom. The topological polar surface area (TPSA) is 66.8 Å². The smallest absolute Gasteiger partial charge is 0.311 e. The highest BCUT2D eigenvalue weighted by atomic mass is 79.9. The van der Waals surface area contributed by atoms with Crippen molar-refractivity contribution in [3.05, 3.63) is 34.3 Å². The maximum absolute atomic E-state index is 13.4. The highest BCUT2D eigenvalue weighted by molar-refractivity contribution is 9.10. The van der Waals surface area contributed by atoms with Crippen molar-refractivity contribution in [2.75, 3.05) is 26.3 Å². The molecule has 2 saturated heterocycles. The molecule has 1 N–H and O–H groups in total. The van der Waals surface area contributed by atoms with Gasteiger partial charge in [-0.25, -0.2) is 0 Å². The molecule has 3 rings (SSSR count).